The summed E-state index contributed by atoms with van der Waals surface area (Å²) in [5, 5.41) is 0. The summed E-state index contributed by atoms with van der Waals surface area (Å²) in [6, 6.07) is 5.82. The first-order valence-electron chi connectivity index (χ1n) is 8.18. The van der Waals surface area contributed by atoms with Crippen molar-refractivity contribution in [3.05, 3.63) is 57.3 Å². The molecule has 0 radical (unpaired) electrons. The molecule has 5 nitrogen and oxygen atoms in total. The first-order valence-corrected chi connectivity index (χ1v) is 8.18. The summed E-state index contributed by atoms with van der Waals surface area (Å²) in [5.41, 5.74) is 2.95. The third-order valence-electron chi connectivity index (χ3n) is 4.77. The Labute approximate surface area is 135 Å². The lowest BCUT2D eigenvalue weighted by molar-refractivity contribution is 0.0729. The fourth-order valence-electron chi connectivity index (χ4n) is 3.49. The van der Waals surface area contributed by atoms with E-state index >= 15 is 0 Å². The maximum absolute atomic E-state index is 12.9. The van der Waals surface area contributed by atoms with Crippen LogP contribution in [0.15, 0.2) is 29.2 Å². The molecule has 1 fully saturated rings. The van der Waals surface area contributed by atoms with E-state index in [4.69, 9.17) is 0 Å². The van der Waals surface area contributed by atoms with Crippen molar-refractivity contribution in [1.29, 1.82) is 0 Å². The predicted molar refractivity (Wildman–Crippen MR) is 89.6 cm³/mol. The number of aromatic nitrogens is 2. The fourth-order valence-corrected chi connectivity index (χ4v) is 3.49. The molecule has 2 aromatic heterocycles. The van der Waals surface area contributed by atoms with Crippen LogP contribution in [0.2, 0.25) is 0 Å². The molecule has 1 aliphatic rings. The summed E-state index contributed by atoms with van der Waals surface area (Å²) in [5.74, 6) is -0.166. The van der Waals surface area contributed by atoms with Gasteiger partial charge in [0.05, 0.1) is 6.04 Å². The Kier molecular flexibility index (Phi) is 4.11. The standard InChI is InChI=1S/C18H23N3O2/c1-4-14-12(2)11-13(17(22)19-14)18(23)21-10-6-8-16(21)15-7-5-9-20(15)3/h5,7,9,11,16H,4,6,8,10H2,1-3H3,(H,19,22). The topological polar surface area (TPSA) is 58.1 Å². The molecule has 3 rings (SSSR count). The van der Waals surface area contributed by atoms with Gasteiger partial charge in [0.2, 0.25) is 0 Å². The minimum atomic E-state index is -0.282. The Morgan fingerprint density at radius 2 is 2.22 bits per heavy atom. The molecule has 23 heavy (non-hydrogen) atoms. The smallest absolute Gasteiger partial charge is 0.261 e. The highest BCUT2D eigenvalue weighted by Gasteiger charge is 2.33. The zero-order chi connectivity index (χ0) is 16.6. The molecule has 1 saturated heterocycles. The van der Waals surface area contributed by atoms with E-state index in [0.29, 0.717) is 6.54 Å². The number of amides is 1. The normalized spacial score (nSPS) is 17.7. The number of carbonyl (C=O) groups excluding carboxylic acids is 1. The molecule has 1 N–H and O–H groups in total. The Balaban J connectivity index is 1.95. The molecule has 3 heterocycles. The molecule has 1 aliphatic heterocycles. The van der Waals surface area contributed by atoms with Crippen LogP contribution >= 0.6 is 0 Å². The summed E-state index contributed by atoms with van der Waals surface area (Å²) in [7, 11) is 1.99. The van der Waals surface area contributed by atoms with Crippen molar-refractivity contribution in [3.8, 4) is 0 Å². The number of rotatable bonds is 3. The lowest BCUT2D eigenvalue weighted by Gasteiger charge is -2.25. The van der Waals surface area contributed by atoms with Crippen molar-refractivity contribution < 1.29 is 4.79 Å². The predicted octanol–water partition coefficient (Wildman–Crippen LogP) is 2.56. The number of H-pyrrole nitrogens is 1. The van der Waals surface area contributed by atoms with Gasteiger partial charge in [-0.05, 0) is 49.9 Å². The molecule has 5 heteroatoms. The van der Waals surface area contributed by atoms with E-state index in [1.165, 1.54) is 0 Å². The maximum atomic E-state index is 12.9. The van der Waals surface area contributed by atoms with Crippen LogP contribution < -0.4 is 5.56 Å². The zero-order valence-electron chi connectivity index (χ0n) is 13.9. The second-order valence-electron chi connectivity index (χ2n) is 6.23. The van der Waals surface area contributed by atoms with Crippen molar-refractivity contribution in [2.75, 3.05) is 6.54 Å². The number of likely N-dealkylation sites (tertiary alicyclic amines) is 1. The second-order valence-corrected chi connectivity index (χ2v) is 6.23. The number of hydrogen-bond donors (Lipinski definition) is 1. The van der Waals surface area contributed by atoms with Gasteiger partial charge in [0.15, 0.2) is 0 Å². The molecular formula is C18H23N3O2. The SMILES string of the molecule is CCc1[nH]c(=O)c(C(=O)N2CCCC2c2cccn2C)cc1C. The third kappa shape index (κ3) is 2.71. The van der Waals surface area contributed by atoms with Crippen LogP contribution in [0.5, 0.6) is 0 Å². The molecule has 0 saturated carbocycles. The van der Waals surface area contributed by atoms with Gasteiger partial charge in [-0.2, -0.15) is 0 Å². The Morgan fingerprint density at radius 3 is 2.87 bits per heavy atom. The monoisotopic (exact) mass is 313 g/mol. The summed E-state index contributed by atoms with van der Waals surface area (Å²) in [6.07, 6.45) is 4.65. The van der Waals surface area contributed by atoms with Crippen molar-refractivity contribution in [2.45, 2.75) is 39.2 Å². The van der Waals surface area contributed by atoms with E-state index in [1.54, 1.807) is 6.07 Å². The van der Waals surface area contributed by atoms with Crippen LogP contribution in [0.1, 0.15) is 53.1 Å². The van der Waals surface area contributed by atoms with Gasteiger partial charge in [-0.3, -0.25) is 9.59 Å². The van der Waals surface area contributed by atoms with E-state index in [0.717, 1.165) is 36.2 Å². The van der Waals surface area contributed by atoms with Crippen molar-refractivity contribution >= 4 is 5.91 Å². The molecular weight excluding hydrogens is 290 g/mol. The number of carbonyl (C=O) groups is 1. The summed E-state index contributed by atoms with van der Waals surface area (Å²) >= 11 is 0. The minimum Gasteiger partial charge on any atom is -0.353 e. The first kappa shape index (κ1) is 15.6. The lowest BCUT2D eigenvalue weighted by atomic mass is 10.1. The van der Waals surface area contributed by atoms with Crippen LogP contribution in [0.3, 0.4) is 0 Å². The Hall–Kier alpha value is -2.30. The molecule has 0 bridgehead atoms. The van der Waals surface area contributed by atoms with Gasteiger partial charge in [0.25, 0.3) is 11.5 Å². The first-order chi connectivity index (χ1) is 11.0. The van der Waals surface area contributed by atoms with Crippen LogP contribution in [0.4, 0.5) is 0 Å². The van der Waals surface area contributed by atoms with Gasteiger partial charge < -0.3 is 14.5 Å². The van der Waals surface area contributed by atoms with Gasteiger partial charge in [-0.25, -0.2) is 0 Å². The highest BCUT2D eigenvalue weighted by atomic mass is 16.2. The molecule has 0 aliphatic carbocycles. The van der Waals surface area contributed by atoms with Crippen molar-refractivity contribution in [1.82, 2.24) is 14.5 Å². The quantitative estimate of drug-likeness (QED) is 0.947. The van der Waals surface area contributed by atoms with Gasteiger partial charge in [-0.15, -0.1) is 0 Å². The zero-order valence-corrected chi connectivity index (χ0v) is 13.9. The molecule has 1 amide bonds. The largest absolute Gasteiger partial charge is 0.353 e. The van der Waals surface area contributed by atoms with E-state index in [9.17, 15) is 9.59 Å². The highest BCUT2D eigenvalue weighted by Crippen LogP contribution is 2.32. The molecule has 0 spiro atoms. The summed E-state index contributed by atoms with van der Waals surface area (Å²) < 4.78 is 2.05. The van der Waals surface area contributed by atoms with Crippen LogP contribution in [0, 0.1) is 6.92 Å². The van der Waals surface area contributed by atoms with Gasteiger partial charge in [0.1, 0.15) is 5.56 Å². The molecule has 1 atom stereocenters. The molecule has 122 valence electrons. The van der Waals surface area contributed by atoms with Crippen LogP contribution in [-0.2, 0) is 13.5 Å². The number of hydrogen-bond acceptors (Lipinski definition) is 2. The number of aryl methyl sites for hydroxylation is 3. The van der Waals surface area contributed by atoms with Crippen LogP contribution in [-0.4, -0.2) is 26.9 Å². The second kappa shape index (κ2) is 6.07. The van der Waals surface area contributed by atoms with Gasteiger partial charge in [0, 0.05) is 31.2 Å². The molecule has 1 unspecified atom stereocenters. The van der Waals surface area contributed by atoms with E-state index in [1.807, 2.05) is 48.7 Å². The molecule has 0 aromatic carbocycles. The van der Waals surface area contributed by atoms with Crippen molar-refractivity contribution in [2.24, 2.45) is 7.05 Å². The number of nitrogens with zero attached hydrogens (tertiary/aromatic N) is 2. The summed E-state index contributed by atoms with van der Waals surface area (Å²) in [4.78, 5) is 29.9. The van der Waals surface area contributed by atoms with Gasteiger partial charge in [-0.1, -0.05) is 6.92 Å². The highest BCUT2D eigenvalue weighted by molar-refractivity contribution is 5.94. The minimum absolute atomic E-state index is 0.0491. The fraction of sp³-hybridized carbons (Fsp3) is 0.444. The van der Waals surface area contributed by atoms with E-state index in [-0.39, 0.29) is 23.1 Å². The third-order valence-corrected chi connectivity index (χ3v) is 4.77. The maximum Gasteiger partial charge on any atom is 0.261 e. The Bertz CT molecular complexity index is 788. The molecule has 2 aromatic rings. The average Bonchev–Trinajstić information content (AvgIpc) is 3.16. The Morgan fingerprint density at radius 1 is 1.43 bits per heavy atom. The summed E-state index contributed by atoms with van der Waals surface area (Å²) in [6.45, 7) is 4.62. The van der Waals surface area contributed by atoms with Crippen molar-refractivity contribution in [3.63, 3.8) is 0 Å². The van der Waals surface area contributed by atoms with Crippen LogP contribution in [0.25, 0.3) is 0 Å². The number of nitrogens with one attached hydrogen (secondary N) is 1. The average molecular weight is 313 g/mol. The van der Waals surface area contributed by atoms with E-state index < -0.39 is 0 Å². The lowest BCUT2D eigenvalue weighted by Crippen LogP contribution is -2.35. The number of aromatic amines is 1. The van der Waals surface area contributed by atoms with Gasteiger partial charge >= 0.3 is 0 Å². The van der Waals surface area contributed by atoms with E-state index in [2.05, 4.69) is 4.98 Å². The number of pyridine rings is 1.